The standard InChI is InChI=1S/C17H18ClN5O3/c18-12-3-4-15-19-14(9-22(15)8-12)11-23-10-13(20-21-23)7-17(16(24)25)5-1-2-6-26-17/h3-4,8-10H,1-2,5-7,11H2,(H,24,25). The lowest BCUT2D eigenvalue weighted by atomic mass is 9.89. The Kier molecular flexibility index (Phi) is 4.37. The van der Waals surface area contributed by atoms with E-state index in [1.165, 1.54) is 0 Å². The number of hydrogen-bond donors (Lipinski definition) is 1. The summed E-state index contributed by atoms with van der Waals surface area (Å²) in [6, 6.07) is 3.63. The number of ether oxygens (including phenoxy) is 1. The zero-order valence-electron chi connectivity index (χ0n) is 14.0. The number of imidazole rings is 1. The Morgan fingerprint density at radius 3 is 2.92 bits per heavy atom. The second-order valence-corrected chi connectivity index (χ2v) is 6.97. The maximum atomic E-state index is 11.7. The van der Waals surface area contributed by atoms with Gasteiger partial charge in [-0.15, -0.1) is 5.10 Å². The van der Waals surface area contributed by atoms with Gasteiger partial charge < -0.3 is 14.2 Å². The van der Waals surface area contributed by atoms with Gasteiger partial charge in [0.05, 0.1) is 23.0 Å². The summed E-state index contributed by atoms with van der Waals surface area (Å²) in [5, 5.41) is 18.4. The average molecular weight is 376 g/mol. The number of aromatic nitrogens is 5. The van der Waals surface area contributed by atoms with Gasteiger partial charge in [0.15, 0.2) is 5.60 Å². The van der Waals surface area contributed by atoms with Crippen molar-refractivity contribution >= 4 is 23.2 Å². The number of fused-ring (bicyclic) bond motifs is 1. The number of hydrogen-bond acceptors (Lipinski definition) is 5. The van der Waals surface area contributed by atoms with Crippen LogP contribution in [0.5, 0.6) is 0 Å². The van der Waals surface area contributed by atoms with Crippen LogP contribution in [0.2, 0.25) is 5.02 Å². The molecule has 0 aliphatic carbocycles. The van der Waals surface area contributed by atoms with E-state index in [2.05, 4.69) is 15.3 Å². The Bertz CT molecular complexity index is 945. The normalized spacial score (nSPS) is 20.5. The predicted molar refractivity (Wildman–Crippen MR) is 93.2 cm³/mol. The monoisotopic (exact) mass is 375 g/mol. The van der Waals surface area contributed by atoms with Gasteiger partial charge in [-0.1, -0.05) is 16.8 Å². The first-order chi connectivity index (χ1) is 12.5. The minimum Gasteiger partial charge on any atom is -0.479 e. The van der Waals surface area contributed by atoms with Gasteiger partial charge in [0, 0.05) is 31.6 Å². The lowest BCUT2D eigenvalue weighted by molar-refractivity contribution is -0.172. The molecule has 3 aromatic heterocycles. The number of aliphatic carboxylic acids is 1. The van der Waals surface area contributed by atoms with Crippen LogP contribution >= 0.6 is 11.6 Å². The van der Waals surface area contributed by atoms with Gasteiger partial charge in [0.1, 0.15) is 5.65 Å². The van der Waals surface area contributed by atoms with E-state index < -0.39 is 11.6 Å². The maximum Gasteiger partial charge on any atom is 0.336 e. The molecule has 4 heterocycles. The van der Waals surface area contributed by atoms with Crippen LogP contribution in [0, 0.1) is 0 Å². The molecule has 0 amide bonds. The molecule has 1 atom stereocenters. The van der Waals surface area contributed by atoms with Crippen molar-refractivity contribution < 1.29 is 14.6 Å². The van der Waals surface area contributed by atoms with Crippen molar-refractivity contribution in [1.82, 2.24) is 24.4 Å². The third-order valence-corrected chi connectivity index (χ3v) is 4.81. The summed E-state index contributed by atoms with van der Waals surface area (Å²) in [5.74, 6) is -0.941. The van der Waals surface area contributed by atoms with Crippen LogP contribution in [-0.4, -0.2) is 47.7 Å². The molecule has 1 saturated heterocycles. The summed E-state index contributed by atoms with van der Waals surface area (Å²) in [6.07, 6.45) is 7.84. The van der Waals surface area contributed by atoms with Gasteiger partial charge in [-0.25, -0.2) is 14.5 Å². The SMILES string of the molecule is O=C(O)C1(Cc2cn(Cc3cn4cc(Cl)ccc4n3)nn2)CCCCO1. The Hall–Kier alpha value is -2.45. The molecule has 1 unspecified atom stereocenters. The molecule has 1 N–H and O–H groups in total. The molecule has 0 bridgehead atoms. The van der Waals surface area contributed by atoms with Crippen LogP contribution in [0.1, 0.15) is 30.7 Å². The molecule has 1 aliphatic heterocycles. The zero-order valence-corrected chi connectivity index (χ0v) is 14.8. The first kappa shape index (κ1) is 17.0. The van der Waals surface area contributed by atoms with Crippen LogP contribution in [-0.2, 0) is 22.5 Å². The number of nitrogens with zero attached hydrogens (tertiary/aromatic N) is 5. The van der Waals surface area contributed by atoms with Crippen molar-refractivity contribution in [1.29, 1.82) is 0 Å². The molecule has 0 spiro atoms. The molecule has 4 rings (SSSR count). The van der Waals surface area contributed by atoms with Gasteiger partial charge in [-0.2, -0.15) is 0 Å². The highest BCUT2D eigenvalue weighted by Crippen LogP contribution is 2.28. The lowest BCUT2D eigenvalue weighted by Gasteiger charge is -2.32. The van der Waals surface area contributed by atoms with Crippen molar-refractivity contribution in [3.8, 4) is 0 Å². The van der Waals surface area contributed by atoms with Crippen molar-refractivity contribution in [3.05, 3.63) is 47.1 Å². The summed E-state index contributed by atoms with van der Waals surface area (Å²) in [7, 11) is 0. The largest absolute Gasteiger partial charge is 0.479 e. The number of carboxylic acids is 1. The molecule has 0 aromatic carbocycles. The van der Waals surface area contributed by atoms with Gasteiger partial charge in [0.25, 0.3) is 0 Å². The Labute approximate surface area is 154 Å². The van der Waals surface area contributed by atoms with E-state index in [1.54, 1.807) is 23.1 Å². The van der Waals surface area contributed by atoms with Crippen LogP contribution < -0.4 is 0 Å². The molecule has 9 heteroatoms. The molecular weight excluding hydrogens is 358 g/mol. The van der Waals surface area contributed by atoms with Gasteiger partial charge in [0.2, 0.25) is 0 Å². The number of carbonyl (C=O) groups is 1. The fraction of sp³-hybridized carbons (Fsp3) is 0.412. The van der Waals surface area contributed by atoms with Gasteiger partial charge >= 0.3 is 5.97 Å². The van der Waals surface area contributed by atoms with Crippen LogP contribution in [0.3, 0.4) is 0 Å². The van der Waals surface area contributed by atoms with Crippen molar-refractivity contribution in [3.63, 3.8) is 0 Å². The van der Waals surface area contributed by atoms with E-state index in [1.807, 2.05) is 16.7 Å². The fourth-order valence-corrected chi connectivity index (χ4v) is 3.45. The van der Waals surface area contributed by atoms with E-state index >= 15 is 0 Å². The van der Waals surface area contributed by atoms with E-state index in [0.717, 1.165) is 24.2 Å². The Morgan fingerprint density at radius 2 is 2.15 bits per heavy atom. The van der Waals surface area contributed by atoms with E-state index in [4.69, 9.17) is 16.3 Å². The third-order valence-electron chi connectivity index (χ3n) is 4.58. The fourth-order valence-electron chi connectivity index (χ4n) is 3.28. The zero-order chi connectivity index (χ0) is 18.1. The summed E-state index contributed by atoms with van der Waals surface area (Å²) in [4.78, 5) is 16.2. The van der Waals surface area contributed by atoms with E-state index in [9.17, 15) is 9.90 Å². The van der Waals surface area contributed by atoms with E-state index in [0.29, 0.717) is 30.3 Å². The molecule has 26 heavy (non-hydrogen) atoms. The molecule has 8 nitrogen and oxygen atoms in total. The second-order valence-electron chi connectivity index (χ2n) is 6.53. The molecule has 1 aliphatic rings. The second kappa shape index (κ2) is 6.69. The molecule has 0 saturated carbocycles. The van der Waals surface area contributed by atoms with Crippen LogP contribution in [0.4, 0.5) is 0 Å². The van der Waals surface area contributed by atoms with Crippen LogP contribution in [0.15, 0.2) is 30.7 Å². The van der Waals surface area contributed by atoms with Gasteiger partial charge in [-0.3, -0.25) is 0 Å². The molecule has 0 radical (unpaired) electrons. The highest BCUT2D eigenvalue weighted by atomic mass is 35.5. The third kappa shape index (κ3) is 3.30. The summed E-state index contributed by atoms with van der Waals surface area (Å²) in [5.41, 5.74) is 1.01. The lowest BCUT2D eigenvalue weighted by Crippen LogP contribution is -2.46. The number of rotatable bonds is 5. The highest BCUT2D eigenvalue weighted by Gasteiger charge is 2.42. The minimum absolute atomic E-state index is 0.211. The topological polar surface area (TPSA) is 94.5 Å². The minimum atomic E-state index is -1.20. The smallest absolute Gasteiger partial charge is 0.336 e. The maximum absolute atomic E-state index is 11.7. The molecule has 1 fully saturated rings. The Balaban J connectivity index is 1.51. The first-order valence-electron chi connectivity index (χ1n) is 8.44. The average Bonchev–Trinajstić information content (AvgIpc) is 3.21. The van der Waals surface area contributed by atoms with Crippen molar-refractivity contribution in [2.45, 2.75) is 37.8 Å². The first-order valence-corrected chi connectivity index (χ1v) is 8.81. The van der Waals surface area contributed by atoms with Crippen LogP contribution in [0.25, 0.3) is 5.65 Å². The van der Waals surface area contributed by atoms with E-state index in [-0.39, 0.29) is 6.42 Å². The summed E-state index contributed by atoms with van der Waals surface area (Å²) >= 11 is 5.99. The number of pyridine rings is 1. The van der Waals surface area contributed by atoms with Crippen molar-refractivity contribution in [2.75, 3.05) is 6.61 Å². The summed E-state index contributed by atoms with van der Waals surface area (Å²) in [6.45, 7) is 0.900. The summed E-state index contributed by atoms with van der Waals surface area (Å²) < 4.78 is 9.11. The Morgan fingerprint density at radius 1 is 1.27 bits per heavy atom. The van der Waals surface area contributed by atoms with Gasteiger partial charge in [-0.05, 0) is 31.4 Å². The highest BCUT2D eigenvalue weighted by molar-refractivity contribution is 6.30. The number of carboxylic acid groups (broad SMARTS) is 1. The van der Waals surface area contributed by atoms with Crippen molar-refractivity contribution in [2.24, 2.45) is 0 Å². The molecule has 3 aromatic rings. The molecular formula is C17H18ClN5O3. The molecule has 136 valence electrons. The quantitative estimate of drug-likeness (QED) is 0.734. The number of halogens is 1. The predicted octanol–water partition coefficient (Wildman–Crippen LogP) is 2.19.